The van der Waals surface area contributed by atoms with Crippen LogP contribution in [0.3, 0.4) is 0 Å². The van der Waals surface area contributed by atoms with Crippen LogP contribution in [0, 0.1) is 20.6 Å². The van der Waals surface area contributed by atoms with Crippen molar-refractivity contribution in [3.63, 3.8) is 0 Å². The average molecular weight is 305 g/mol. The van der Waals surface area contributed by atoms with Crippen LogP contribution < -0.4 is 0 Å². The third kappa shape index (κ3) is 2.09. The number of carbonyl (C=O) groups excluding carboxylic acids is 1. The molecule has 0 fully saturated rings. The maximum atomic E-state index is 11.2. The monoisotopic (exact) mass is 305 g/mol. The van der Waals surface area contributed by atoms with Crippen molar-refractivity contribution in [3.8, 4) is 0 Å². The molecule has 0 spiro atoms. The molecule has 0 amide bonds. The molecular formula is C9H8INO3. The Labute approximate surface area is 94.6 Å². The SMILES string of the molecule is CC(=O)c1cc(C)cc([N+](=O)[O-])c1I. The summed E-state index contributed by atoms with van der Waals surface area (Å²) in [6.45, 7) is 3.14. The van der Waals surface area contributed by atoms with Crippen molar-refractivity contribution in [3.05, 3.63) is 36.9 Å². The van der Waals surface area contributed by atoms with E-state index in [2.05, 4.69) is 0 Å². The molecule has 4 nitrogen and oxygen atoms in total. The fourth-order valence-corrected chi connectivity index (χ4v) is 2.03. The third-order valence-electron chi connectivity index (χ3n) is 1.77. The van der Waals surface area contributed by atoms with Gasteiger partial charge in [-0.05, 0) is 48.1 Å². The Kier molecular flexibility index (Phi) is 3.20. The van der Waals surface area contributed by atoms with Crippen molar-refractivity contribution in [2.45, 2.75) is 13.8 Å². The first-order valence-corrected chi connectivity index (χ1v) is 4.97. The summed E-state index contributed by atoms with van der Waals surface area (Å²) in [6, 6.07) is 3.13. The first-order valence-electron chi connectivity index (χ1n) is 3.89. The molecule has 0 saturated heterocycles. The van der Waals surface area contributed by atoms with E-state index < -0.39 is 4.92 Å². The normalized spacial score (nSPS) is 9.93. The highest BCUT2D eigenvalue weighted by molar-refractivity contribution is 14.1. The lowest BCUT2D eigenvalue weighted by Gasteiger charge is -2.02. The predicted octanol–water partition coefficient (Wildman–Crippen LogP) is 2.71. The average Bonchev–Trinajstić information content (AvgIpc) is 2.07. The molecular weight excluding hydrogens is 297 g/mol. The number of rotatable bonds is 2. The summed E-state index contributed by atoms with van der Waals surface area (Å²) in [6.07, 6.45) is 0. The van der Waals surface area contributed by atoms with E-state index in [1.165, 1.54) is 13.0 Å². The molecule has 0 bridgehead atoms. The smallest absolute Gasteiger partial charge is 0.283 e. The molecule has 1 aromatic carbocycles. The van der Waals surface area contributed by atoms with E-state index in [9.17, 15) is 14.9 Å². The number of aryl methyl sites for hydroxylation is 1. The van der Waals surface area contributed by atoms with Gasteiger partial charge in [0.05, 0.1) is 4.92 Å². The lowest BCUT2D eigenvalue weighted by molar-refractivity contribution is -0.385. The van der Waals surface area contributed by atoms with Crippen LogP contribution >= 0.6 is 22.6 Å². The van der Waals surface area contributed by atoms with Crippen LogP contribution in [0.25, 0.3) is 0 Å². The fourth-order valence-electron chi connectivity index (χ4n) is 1.14. The van der Waals surface area contributed by atoms with Gasteiger partial charge in [0.1, 0.15) is 3.57 Å². The molecule has 74 valence electrons. The molecule has 5 heteroatoms. The number of halogens is 1. The van der Waals surface area contributed by atoms with Gasteiger partial charge in [-0.3, -0.25) is 14.9 Å². The highest BCUT2D eigenvalue weighted by Crippen LogP contribution is 2.26. The summed E-state index contributed by atoms with van der Waals surface area (Å²) in [4.78, 5) is 21.3. The van der Waals surface area contributed by atoms with Crippen LogP contribution in [0.15, 0.2) is 12.1 Å². The summed E-state index contributed by atoms with van der Waals surface area (Å²) in [5.41, 5.74) is 1.13. The summed E-state index contributed by atoms with van der Waals surface area (Å²) >= 11 is 1.83. The van der Waals surface area contributed by atoms with Crippen LogP contribution in [0.5, 0.6) is 0 Å². The quantitative estimate of drug-likeness (QED) is 0.365. The van der Waals surface area contributed by atoms with Crippen LogP contribution in [0.4, 0.5) is 5.69 Å². The van der Waals surface area contributed by atoms with Crippen molar-refractivity contribution < 1.29 is 9.72 Å². The zero-order valence-corrected chi connectivity index (χ0v) is 9.86. The van der Waals surface area contributed by atoms with Gasteiger partial charge in [-0.15, -0.1) is 0 Å². The molecule has 0 radical (unpaired) electrons. The van der Waals surface area contributed by atoms with E-state index >= 15 is 0 Å². The Balaban J connectivity index is 3.47. The number of nitro benzene ring substituents is 1. The van der Waals surface area contributed by atoms with Crippen LogP contribution in [-0.2, 0) is 0 Å². The topological polar surface area (TPSA) is 60.2 Å². The summed E-state index contributed by atoms with van der Waals surface area (Å²) in [5.74, 6) is -0.152. The van der Waals surface area contributed by atoms with Crippen LogP contribution in [0.1, 0.15) is 22.8 Å². The summed E-state index contributed by atoms with van der Waals surface area (Å²) < 4.78 is 0.408. The van der Waals surface area contributed by atoms with E-state index in [-0.39, 0.29) is 11.5 Å². The third-order valence-corrected chi connectivity index (χ3v) is 2.91. The predicted molar refractivity (Wildman–Crippen MR) is 60.6 cm³/mol. The number of hydrogen-bond acceptors (Lipinski definition) is 3. The van der Waals surface area contributed by atoms with Crippen molar-refractivity contribution in [2.24, 2.45) is 0 Å². The van der Waals surface area contributed by atoms with Crippen molar-refractivity contribution >= 4 is 34.1 Å². The van der Waals surface area contributed by atoms with E-state index in [1.54, 1.807) is 13.0 Å². The zero-order chi connectivity index (χ0) is 10.9. The molecule has 14 heavy (non-hydrogen) atoms. The molecule has 0 aromatic heterocycles. The molecule has 0 atom stereocenters. The molecule has 1 rings (SSSR count). The number of nitrogens with zero attached hydrogens (tertiary/aromatic N) is 1. The largest absolute Gasteiger partial charge is 0.294 e. The van der Waals surface area contributed by atoms with Gasteiger partial charge in [-0.1, -0.05) is 0 Å². The van der Waals surface area contributed by atoms with Gasteiger partial charge in [-0.25, -0.2) is 0 Å². The molecule has 0 heterocycles. The number of hydrogen-bond donors (Lipinski definition) is 0. The second-order valence-corrected chi connectivity index (χ2v) is 4.04. The van der Waals surface area contributed by atoms with Gasteiger partial charge >= 0.3 is 0 Å². The van der Waals surface area contributed by atoms with E-state index in [0.717, 1.165) is 5.56 Å². The van der Waals surface area contributed by atoms with Gasteiger partial charge in [0.25, 0.3) is 5.69 Å². The van der Waals surface area contributed by atoms with E-state index in [0.29, 0.717) is 9.13 Å². The minimum absolute atomic E-state index is 0.00389. The highest BCUT2D eigenvalue weighted by Gasteiger charge is 2.18. The van der Waals surface area contributed by atoms with Crippen molar-refractivity contribution in [1.29, 1.82) is 0 Å². The minimum Gasteiger partial charge on any atom is -0.294 e. The van der Waals surface area contributed by atoms with Gasteiger partial charge in [-0.2, -0.15) is 0 Å². The Morgan fingerprint density at radius 1 is 1.50 bits per heavy atom. The lowest BCUT2D eigenvalue weighted by atomic mass is 10.1. The minimum atomic E-state index is -0.471. The number of nitro groups is 1. The molecule has 0 aliphatic carbocycles. The molecule has 0 aliphatic heterocycles. The lowest BCUT2D eigenvalue weighted by Crippen LogP contribution is -2.01. The van der Waals surface area contributed by atoms with Gasteiger partial charge < -0.3 is 0 Å². The van der Waals surface area contributed by atoms with Crippen LogP contribution in [-0.4, -0.2) is 10.7 Å². The number of benzene rings is 1. The Morgan fingerprint density at radius 3 is 2.50 bits per heavy atom. The molecule has 0 N–H and O–H groups in total. The van der Waals surface area contributed by atoms with Crippen molar-refractivity contribution in [2.75, 3.05) is 0 Å². The van der Waals surface area contributed by atoms with Gasteiger partial charge in [0.15, 0.2) is 5.78 Å². The molecule has 0 unspecified atom stereocenters. The zero-order valence-electron chi connectivity index (χ0n) is 7.70. The number of ketones is 1. The first kappa shape index (κ1) is 11.1. The van der Waals surface area contributed by atoms with Gasteiger partial charge in [0.2, 0.25) is 0 Å². The van der Waals surface area contributed by atoms with Gasteiger partial charge in [0, 0.05) is 11.6 Å². The standard InChI is InChI=1S/C9H8INO3/c1-5-3-7(6(2)12)9(10)8(4-5)11(13)14/h3-4H,1-2H3. The van der Waals surface area contributed by atoms with E-state index in [1.807, 2.05) is 22.6 Å². The Bertz CT molecular complexity index is 380. The summed E-state index contributed by atoms with van der Waals surface area (Å²) in [7, 11) is 0. The first-order chi connectivity index (χ1) is 6.43. The molecule has 0 aliphatic rings. The second kappa shape index (κ2) is 4.04. The molecule has 0 saturated carbocycles. The fraction of sp³-hybridized carbons (Fsp3) is 0.222. The Hall–Kier alpha value is -0.980. The number of carbonyl (C=O) groups is 1. The highest BCUT2D eigenvalue weighted by atomic mass is 127. The second-order valence-electron chi connectivity index (χ2n) is 2.96. The van der Waals surface area contributed by atoms with Crippen molar-refractivity contribution in [1.82, 2.24) is 0 Å². The Morgan fingerprint density at radius 2 is 2.07 bits per heavy atom. The van der Waals surface area contributed by atoms with E-state index in [4.69, 9.17) is 0 Å². The molecule has 1 aromatic rings. The maximum absolute atomic E-state index is 11.2. The van der Waals surface area contributed by atoms with Crippen LogP contribution in [0.2, 0.25) is 0 Å². The summed E-state index contributed by atoms with van der Waals surface area (Å²) in [5, 5.41) is 10.6. The number of Topliss-reactive ketones (excluding diaryl/α,β-unsaturated/α-hetero) is 1. The maximum Gasteiger partial charge on any atom is 0.283 e.